The van der Waals surface area contributed by atoms with Crippen LogP contribution in [0, 0.1) is 5.41 Å². The van der Waals surface area contributed by atoms with Crippen LogP contribution in [0.4, 0.5) is 0 Å². The van der Waals surface area contributed by atoms with E-state index in [0.717, 1.165) is 5.33 Å². The van der Waals surface area contributed by atoms with Crippen LogP contribution in [-0.4, -0.2) is 22.9 Å². The first-order valence-electron chi connectivity index (χ1n) is 5.18. The number of amides is 1. The Morgan fingerprint density at radius 2 is 2.18 bits per heavy atom. The lowest BCUT2D eigenvalue weighted by Gasteiger charge is -2.21. The molecule has 0 bridgehead atoms. The number of hydrogen-bond donors (Lipinski definition) is 2. The summed E-state index contributed by atoms with van der Waals surface area (Å²) in [6.07, 6.45) is 0. The maximum atomic E-state index is 11.8. The Balaban J connectivity index is 2.71. The third kappa shape index (κ3) is 4.21. The largest absolute Gasteiger partial charge is 0.507 e. The highest BCUT2D eigenvalue weighted by atomic mass is 79.9. The number of benzene rings is 1. The molecule has 0 heterocycles. The molecule has 0 fully saturated rings. The molecule has 0 saturated heterocycles. The summed E-state index contributed by atoms with van der Waals surface area (Å²) >= 11 is 9.08. The number of nitrogens with one attached hydrogen (secondary N) is 1. The van der Waals surface area contributed by atoms with Crippen LogP contribution in [0.5, 0.6) is 5.75 Å². The second kappa shape index (κ2) is 5.74. The van der Waals surface area contributed by atoms with Crippen LogP contribution < -0.4 is 5.32 Å². The lowest BCUT2D eigenvalue weighted by atomic mass is 9.97. The molecule has 0 radical (unpaired) electrons. The molecule has 0 aliphatic carbocycles. The van der Waals surface area contributed by atoms with Gasteiger partial charge in [-0.25, -0.2) is 0 Å². The van der Waals surface area contributed by atoms with Gasteiger partial charge in [0.2, 0.25) is 0 Å². The van der Waals surface area contributed by atoms with Crippen LogP contribution in [0.1, 0.15) is 24.2 Å². The molecular formula is C12H15BrClNO2. The number of hydrogen-bond acceptors (Lipinski definition) is 2. The van der Waals surface area contributed by atoms with E-state index < -0.39 is 0 Å². The van der Waals surface area contributed by atoms with Gasteiger partial charge in [0, 0.05) is 16.9 Å². The Hall–Kier alpha value is -0.740. The molecule has 3 nitrogen and oxygen atoms in total. The first kappa shape index (κ1) is 14.3. The van der Waals surface area contributed by atoms with Crippen molar-refractivity contribution >= 4 is 33.4 Å². The minimum Gasteiger partial charge on any atom is -0.507 e. The molecule has 0 spiro atoms. The molecule has 1 aromatic rings. The van der Waals surface area contributed by atoms with Crippen molar-refractivity contribution in [2.24, 2.45) is 5.41 Å². The number of phenolic OH excluding ortho intramolecular Hbond substituents is 1. The SMILES string of the molecule is CC(C)(CBr)CNC(=O)c1ccc(Cl)cc1O. The zero-order valence-electron chi connectivity index (χ0n) is 9.76. The third-order valence-corrected chi connectivity index (χ3v) is 4.05. The van der Waals surface area contributed by atoms with Crippen molar-refractivity contribution in [3.8, 4) is 5.75 Å². The molecule has 0 unspecified atom stereocenters. The van der Waals surface area contributed by atoms with Gasteiger partial charge in [-0.15, -0.1) is 0 Å². The molecule has 1 amide bonds. The van der Waals surface area contributed by atoms with Crippen molar-refractivity contribution in [3.63, 3.8) is 0 Å². The van der Waals surface area contributed by atoms with Crippen molar-refractivity contribution in [1.29, 1.82) is 0 Å². The highest BCUT2D eigenvalue weighted by Crippen LogP contribution is 2.22. The van der Waals surface area contributed by atoms with E-state index in [9.17, 15) is 9.90 Å². The van der Waals surface area contributed by atoms with E-state index in [2.05, 4.69) is 21.2 Å². The smallest absolute Gasteiger partial charge is 0.255 e. The average molecular weight is 321 g/mol. The van der Waals surface area contributed by atoms with Crippen molar-refractivity contribution in [3.05, 3.63) is 28.8 Å². The fourth-order valence-electron chi connectivity index (χ4n) is 1.16. The Bertz CT molecular complexity index is 421. The number of aromatic hydroxyl groups is 1. The summed E-state index contributed by atoms with van der Waals surface area (Å²) in [4.78, 5) is 11.8. The zero-order chi connectivity index (χ0) is 13.1. The monoisotopic (exact) mass is 319 g/mol. The zero-order valence-corrected chi connectivity index (χ0v) is 12.1. The van der Waals surface area contributed by atoms with Gasteiger partial charge in [0.15, 0.2) is 0 Å². The van der Waals surface area contributed by atoms with Gasteiger partial charge in [-0.3, -0.25) is 4.79 Å². The summed E-state index contributed by atoms with van der Waals surface area (Å²) in [5.41, 5.74) is 0.206. The lowest BCUT2D eigenvalue weighted by molar-refractivity contribution is 0.0937. The van der Waals surface area contributed by atoms with E-state index in [0.29, 0.717) is 11.6 Å². The molecule has 0 saturated carbocycles. The lowest BCUT2D eigenvalue weighted by Crippen LogP contribution is -2.34. The number of alkyl halides is 1. The van der Waals surface area contributed by atoms with Gasteiger partial charge in [-0.05, 0) is 23.6 Å². The van der Waals surface area contributed by atoms with Gasteiger partial charge in [0.05, 0.1) is 5.56 Å². The molecule has 1 aromatic carbocycles. The molecule has 0 atom stereocenters. The third-order valence-electron chi connectivity index (χ3n) is 2.29. The fourth-order valence-corrected chi connectivity index (χ4v) is 1.52. The van der Waals surface area contributed by atoms with Crippen molar-refractivity contribution in [1.82, 2.24) is 5.32 Å². The summed E-state index contributed by atoms with van der Waals surface area (Å²) in [5, 5.41) is 13.6. The van der Waals surface area contributed by atoms with Gasteiger partial charge in [-0.1, -0.05) is 41.4 Å². The Kier molecular flexibility index (Phi) is 4.83. The molecule has 0 aliphatic heterocycles. The van der Waals surface area contributed by atoms with E-state index >= 15 is 0 Å². The maximum Gasteiger partial charge on any atom is 0.255 e. The van der Waals surface area contributed by atoms with Crippen LogP contribution in [-0.2, 0) is 0 Å². The van der Waals surface area contributed by atoms with Gasteiger partial charge in [0.25, 0.3) is 5.91 Å². The predicted octanol–water partition coefficient (Wildman–Crippen LogP) is 3.20. The quantitative estimate of drug-likeness (QED) is 0.837. The summed E-state index contributed by atoms with van der Waals surface area (Å²) in [6.45, 7) is 4.59. The highest BCUT2D eigenvalue weighted by Gasteiger charge is 2.18. The van der Waals surface area contributed by atoms with Gasteiger partial charge < -0.3 is 10.4 Å². The topological polar surface area (TPSA) is 49.3 Å². The van der Waals surface area contributed by atoms with Crippen LogP contribution >= 0.6 is 27.5 Å². The normalized spacial score (nSPS) is 11.3. The molecule has 5 heteroatoms. The molecule has 0 aromatic heterocycles. The highest BCUT2D eigenvalue weighted by molar-refractivity contribution is 9.09. The maximum absolute atomic E-state index is 11.8. The first-order valence-corrected chi connectivity index (χ1v) is 6.68. The van der Waals surface area contributed by atoms with Crippen LogP contribution in [0.3, 0.4) is 0 Å². The van der Waals surface area contributed by atoms with Crippen LogP contribution in [0.2, 0.25) is 5.02 Å². The van der Waals surface area contributed by atoms with Crippen molar-refractivity contribution in [2.75, 3.05) is 11.9 Å². The molecule has 94 valence electrons. The average Bonchev–Trinajstić information content (AvgIpc) is 2.26. The Labute approximate surface area is 114 Å². The van der Waals surface area contributed by atoms with Gasteiger partial charge in [-0.2, -0.15) is 0 Å². The molecule has 0 aliphatic rings. The molecule has 1 rings (SSSR count). The summed E-state index contributed by atoms with van der Waals surface area (Å²) in [6, 6.07) is 4.44. The minimum atomic E-state index is -0.298. The van der Waals surface area contributed by atoms with Gasteiger partial charge in [0.1, 0.15) is 5.75 Å². The summed E-state index contributed by atoms with van der Waals surface area (Å²) < 4.78 is 0. The molecule has 17 heavy (non-hydrogen) atoms. The number of carbonyl (C=O) groups is 1. The summed E-state index contributed by atoms with van der Waals surface area (Å²) in [7, 11) is 0. The van der Waals surface area contributed by atoms with Crippen LogP contribution in [0.15, 0.2) is 18.2 Å². The minimum absolute atomic E-state index is 0.0301. The van der Waals surface area contributed by atoms with Crippen molar-refractivity contribution in [2.45, 2.75) is 13.8 Å². The van der Waals surface area contributed by atoms with E-state index in [-0.39, 0.29) is 22.6 Å². The first-order chi connectivity index (χ1) is 7.85. The summed E-state index contributed by atoms with van der Waals surface area (Å²) in [5.74, 6) is -0.403. The number of carbonyl (C=O) groups excluding carboxylic acids is 1. The standard InChI is InChI=1S/C12H15BrClNO2/c1-12(2,6-13)7-15-11(17)9-4-3-8(14)5-10(9)16/h3-5,16H,6-7H2,1-2H3,(H,15,17). The fraction of sp³-hybridized carbons (Fsp3) is 0.417. The van der Waals surface area contributed by atoms with E-state index in [1.54, 1.807) is 6.07 Å². The Morgan fingerprint density at radius 1 is 1.53 bits per heavy atom. The predicted molar refractivity (Wildman–Crippen MR) is 73.0 cm³/mol. The van der Waals surface area contributed by atoms with E-state index in [1.165, 1.54) is 12.1 Å². The van der Waals surface area contributed by atoms with E-state index in [1.807, 2.05) is 13.8 Å². The number of phenols is 1. The van der Waals surface area contributed by atoms with Gasteiger partial charge >= 0.3 is 0 Å². The number of halogens is 2. The Morgan fingerprint density at radius 3 is 2.71 bits per heavy atom. The van der Waals surface area contributed by atoms with Crippen molar-refractivity contribution < 1.29 is 9.90 Å². The number of rotatable bonds is 4. The second-order valence-corrected chi connectivity index (χ2v) is 5.64. The molecule has 2 N–H and O–H groups in total. The molecular weight excluding hydrogens is 305 g/mol. The van der Waals surface area contributed by atoms with Crippen LogP contribution in [0.25, 0.3) is 0 Å². The van der Waals surface area contributed by atoms with E-state index in [4.69, 9.17) is 11.6 Å². The second-order valence-electron chi connectivity index (χ2n) is 4.64.